The first-order chi connectivity index (χ1) is 9.54. The molecule has 0 spiro atoms. The van der Waals surface area contributed by atoms with Crippen LogP contribution in [0.3, 0.4) is 0 Å². The highest BCUT2D eigenvalue weighted by atomic mass is 16.5. The van der Waals surface area contributed by atoms with Crippen molar-refractivity contribution >= 4 is 11.9 Å². The van der Waals surface area contributed by atoms with E-state index < -0.39 is 0 Å². The lowest BCUT2D eigenvalue weighted by atomic mass is 9.86. The lowest BCUT2D eigenvalue weighted by Gasteiger charge is -2.26. The third-order valence-electron chi connectivity index (χ3n) is 4.20. The maximum atomic E-state index is 12.2. The molecular weight excluding hydrogens is 254 g/mol. The Kier molecular flexibility index (Phi) is 7.63. The van der Waals surface area contributed by atoms with Gasteiger partial charge in [0.25, 0.3) is 0 Å². The van der Waals surface area contributed by atoms with Gasteiger partial charge in [0.2, 0.25) is 5.91 Å². The lowest BCUT2D eigenvalue weighted by molar-refractivity contribution is -0.148. The second-order valence-corrected chi connectivity index (χ2v) is 6.09. The van der Waals surface area contributed by atoms with Gasteiger partial charge in [0.05, 0.1) is 7.11 Å². The van der Waals surface area contributed by atoms with Crippen LogP contribution in [-0.2, 0) is 14.3 Å². The third kappa shape index (κ3) is 5.93. The van der Waals surface area contributed by atoms with E-state index in [1.165, 1.54) is 39.2 Å². The summed E-state index contributed by atoms with van der Waals surface area (Å²) in [7, 11) is 1.36. The number of hydrogen-bond acceptors (Lipinski definition) is 3. The standard InChI is InChI=1S/C16H29NO3/c1-13(2)17(12-16(19)20-3)15(18)11-7-10-14-8-5-4-6-9-14/h13-14H,4-12H2,1-3H3. The molecule has 0 radical (unpaired) electrons. The number of ether oxygens (including phenoxy) is 1. The van der Waals surface area contributed by atoms with Crippen molar-refractivity contribution in [3.05, 3.63) is 0 Å². The molecule has 1 saturated carbocycles. The predicted molar refractivity (Wildman–Crippen MR) is 79.3 cm³/mol. The summed E-state index contributed by atoms with van der Waals surface area (Å²) in [5, 5.41) is 0. The van der Waals surface area contributed by atoms with Crippen molar-refractivity contribution in [3.8, 4) is 0 Å². The molecule has 0 bridgehead atoms. The van der Waals surface area contributed by atoms with Gasteiger partial charge in [-0.05, 0) is 32.6 Å². The number of hydrogen-bond donors (Lipinski definition) is 0. The molecule has 0 atom stereocenters. The molecule has 0 aliphatic heterocycles. The Bertz CT molecular complexity index is 309. The molecule has 0 N–H and O–H groups in total. The van der Waals surface area contributed by atoms with Gasteiger partial charge >= 0.3 is 5.97 Å². The summed E-state index contributed by atoms with van der Waals surface area (Å²) in [5.41, 5.74) is 0. The first-order valence-electron chi connectivity index (χ1n) is 7.91. The summed E-state index contributed by atoms with van der Waals surface area (Å²) in [5.74, 6) is 0.533. The van der Waals surface area contributed by atoms with Crippen LogP contribution in [0.25, 0.3) is 0 Å². The maximum absolute atomic E-state index is 12.2. The molecule has 4 nitrogen and oxygen atoms in total. The summed E-state index contributed by atoms with van der Waals surface area (Å²) in [6.07, 6.45) is 9.35. The SMILES string of the molecule is COC(=O)CN(C(=O)CCCC1CCCCC1)C(C)C. The second kappa shape index (κ2) is 8.98. The summed E-state index contributed by atoms with van der Waals surface area (Å²) in [6.45, 7) is 3.93. The monoisotopic (exact) mass is 283 g/mol. The van der Waals surface area contributed by atoms with Crippen LogP contribution in [0.2, 0.25) is 0 Å². The summed E-state index contributed by atoms with van der Waals surface area (Å²) in [6, 6.07) is 0.0382. The summed E-state index contributed by atoms with van der Waals surface area (Å²) >= 11 is 0. The molecule has 4 heteroatoms. The van der Waals surface area contributed by atoms with Crippen LogP contribution in [0.4, 0.5) is 0 Å². The Morgan fingerprint density at radius 2 is 1.85 bits per heavy atom. The molecule has 116 valence electrons. The van der Waals surface area contributed by atoms with Gasteiger partial charge in [-0.1, -0.05) is 32.1 Å². The van der Waals surface area contributed by atoms with Crippen LogP contribution < -0.4 is 0 Å². The first-order valence-corrected chi connectivity index (χ1v) is 7.91. The van der Waals surface area contributed by atoms with E-state index in [0.717, 1.165) is 18.8 Å². The molecule has 20 heavy (non-hydrogen) atoms. The molecule has 1 rings (SSSR count). The fourth-order valence-electron chi connectivity index (χ4n) is 2.92. The number of esters is 1. The van der Waals surface area contributed by atoms with Gasteiger partial charge in [-0.3, -0.25) is 9.59 Å². The van der Waals surface area contributed by atoms with Gasteiger partial charge in [0, 0.05) is 12.5 Å². The van der Waals surface area contributed by atoms with E-state index in [2.05, 4.69) is 4.74 Å². The first kappa shape index (κ1) is 17.0. The van der Waals surface area contributed by atoms with Gasteiger partial charge in [0.15, 0.2) is 0 Å². The number of rotatable bonds is 7. The predicted octanol–water partition coefficient (Wildman–Crippen LogP) is 3.15. The Hall–Kier alpha value is -1.06. The minimum Gasteiger partial charge on any atom is -0.468 e. The molecule has 1 fully saturated rings. The highest BCUT2D eigenvalue weighted by Gasteiger charge is 2.21. The zero-order valence-electron chi connectivity index (χ0n) is 13.2. The lowest BCUT2D eigenvalue weighted by Crippen LogP contribution is -2.41. The average molecular weight is 283 g/mol. The normalized spacial score (nSPS) is 16.2. The molecule has 0 aromatic rings. The number of methoxy groups -OCH3 is 1. The van der Waals surface area contributed by atoms with E-state index in [4.69, 9.17) is 0 Å². The van der Waals surface area contributed by atoms with Gasteiger partial charge in [-0.25, -0.2) is 0 Å². The number of amides is 1. The highest BCUT2D eigenvalue weighted by Crippen LogP contribution is 2.27. The number of nitrogens with zero attached hydrogens (tertiary/aromatic N) is 1. The topological polar surface area (TPSA) is 46.6 Å². The van der Waals surface area contributed by atoms with Crippen molar-refractivity contribution in [1.29, 1.82) is 0 Å². The van der Waals surface area contributed by atoms with Crippen molar-refractivity contribution in [3.63, 3.8) is 0 Å². The Morgan fingerprint density at radius 3 is 2.40 bits per heavy atom. The summed E-state index contributed by atoms with van der Waals surface area (Å²) < 4.78 is 4.65. The Labute approximate surface area is 122 Å². The van der Waals surface area contributed by atoms with Crippen LogP contribution in [-0.4, -0.2) is 36.5 Å². The molecule has 1 aliphatic carbocycles. The van der Waals surface area contributed by atoms with E-state index in [9.17, 15) is 9.59 Å². The van der Waals surface area contributed by atoms with E-state index in [1.54, 1.807) is 4.90 Å². The van der Waals surface area contributed by atoms with E-state index in [-0.39, 0.29) is 24.5 Å². The molecule has 0 aromatic heterocycles. The van der Waals surface area contributed by atoms with Crippen LogP contribution in [0.5, 0.6) is 0 Å². The molecule has 1 amide bonds. The van der Waals surface area contributed by atoms with E-state index in [0.29, 0.717) is 6.42 Å². The Balaban J connectivity index is 2.31. The minimum absolute atomic E-state index is 0.0382. The highest BCUT2D eigenvalue weighted by molar-refractivity contribution is 5.82. The number of carbonyl (C=O) groups is 2. The van der Waals surface area contributed by atoms with Crippen LogP contribution in [0, 0.1) is 5.92 Å². The minimum atomic E-state index is -0.348. The zero-order chi connectivity index (χ0) is 15.0. The van der Waals surface area contributed by atoms with E-state index >= 15 is 0 Å². The molecule has 0 aromatic carbocycles. The Morgan fingerprint density at radius 1 is 1.20 bits per heavy atom. The largest absolute Gasteiger partial charge is 0.468 e. The summed E-state index contributed by atoms with van der Waals surface area (Å²) in [4.78, 5) is 25.1. The molecule has 1 aliphatic rings. The van der Waals surface area contributed by atoms with Crippen LogP contribution in [0.15, 0.2) is 0 Å². The maximum Gasteiger partial charge on any atom is 0.325 e. The van der Waals surface area contributed by atoms with Gasteiger partial charge < -0.3 is 9.64 Å². The van der Waals surface area contributed by atoms with Crippen molar-refractivity contribution < 1.29 is 14.3 Å². The smallest absolute Gasteiger partial charge is 0.325 e. The molecule has 0 saturated heterocycles. The van der Waals surface area contributed by atoms with Crippen molar-refractivity contribution in [2.24, 2.45) is 5.92 Å². The molecule has 0 heterocycles. The number of carbonyl (C=O) groups excluding carboxylic acids is 2. The van der Waals surface area contributed by atoms with Crippen LogP contribution >= 0.6 is 0 Å². The molecular formula is C16H29NO3. The average Bonchev–Trinajstić information content (AvgIpc) is 2.45. The second-order valence-electron chi connectivity index (χ2n) is 6.09. The van der Waals surface area contributed by atoms with Gasteiger partial charge in [0.1, 0.15) is 6.54 Å². The van der Waals surface area contributed by atoms with E-state index in [1.807, 2.05) is 13.8 Å². The van der Waals surface area contributed by atoms with Gasteiger partial charge in [-0.15, -0.1) is 0 Å². The zero-order valence-corrected chi connectivity index (χ0v) is 13.2. The van der Waals surface area contributed by atoms with Gasteiger partial charge in [-0.2, -0.15) is 0 Å². The van der Waals surface area contributed by atoms with Crippen LogP contribution in [0.1, 0.15) is 65.2 Å². The fraction of sp³-hybridized carbons (Fsp3) is 0.875. The van der Waals surface area contributed by atoms with Crippen molar-refractivity contribution in [2.75, 3.05) is 13.7 Å². The van der Waals surface area contributed by atoms with Crippen molar-refractivity contribution in [1.82, 2.24) is 4.90 Å². The van der Waals surface area contributed by atoms with Crippen molar-refractivity contribution in [2.45, 2.75) is 71.3 Å². The molecule has 0 unspecified atom stereocenters. The fourth-order valence-corrected chi connectivity index (χ4v) is 2.92. The third-order valence-corrected chi connectivity index (χ3v) is 4.20. The quantitative estimate of drug-likeness (QED) is 0.674.